The molecule has 28 heavy (non-hydrogen) atoms. The molecule has 0 aromatic carbocycles. The molecule has 5 heterocycles. The first-order valence-corrected chi connectivity index (χ1v) is 11.7. The molecular weight excluding hydrogens is 414 g/mol. The summed E-state index contributed by atoms with van der Waals surface area (Å²) < 4.78 is 8.63. The molecule has 0 aliphatic carbocycles. The molecule has 1 atom stereocenters. The third-order valence-electron chi connectivity index (χ3n) is 4.57. The van der Waals surface area contributed by atoms with Crippen molar-refractivity contribution < 1.29 is 4.74 Å². The molecule has 0 amide bonds. The molecule has 1 N–H and O–H groups in total. The number of nitrogens with one attached hydrogen (secondary N) is 1. The maximum absolute atomic E-state index is 12.2. The zero-order valence-electron chi connectivity index (χ0n) is 14.8. The molecule has 7 nitrogen and oxygen atoms in total. The van der Waals surface area contributed by atoms with Crippen molar-refractivity contribution in [2.45, 2.75) is 36.4 Å². The summed E-state index contributed by atoms with van der Waals surface area (Å²) >= 11 is 4.59. The zero-order valence-corrected chi connectivity index (χ0v) is 17.3. The summed E-state index contributed by atoms with van der Waals surface area (Å²) in [5.74, 6) is 2.03. The fourth-order valence-electron chi connectivity index (χ4n) is 3.26. The maximum Gasteiger partial charge on any atom is 0.268 e. The molecule has 1 saturated heterocycles. The van der Waals surface area contributed by atoms with Gasteiger partial charge >= 0.3 is 0 Å². The molecule has 0 radical (unpaired) electrons. The van der Waals surface area contributed by atoms with Crippen LogP contribution in [0.5, 0.6) is 0 Å². The van der Waals surface area contributed by atoms with Gasteiger partial charge in [-0.1, -0.05) is 17.8 Å². The largest absolute Gasteiger partial charge is 0.376 e. The van der Waals surface area contributed by atoms with Crippen LogP contribution in [-0.2, 0) is 17.0 Å². The Balaban J connectivity index is 1.42. The van der Waals surface area contributed by atoms with Gasteiger partial charge in [0.05, 0.1) is 28.8 Å². The summed E-state index contributed by atoms with van der Waals surface area (Å²) in [4.78, 5) is 20.7. The number of hydrogen-bond acceptors (Lipinski definition) is 8. The first-order valence-electron chi connectivity index (χ1n) is 8.96. The predicted octanol–water partition coefficient (Wildman–Crippen LogP) is 3.78. The number of thiophene rings is 2. The fourth-order valence-corrected chi connectivity index (χ4v) is 5.52. The molecule has 1 fully saturated rings. The Kier molecular flexibility index (Phi) is 5.02. The Morgan fingerprint density at radius 2 is 2.25 bits per heavy atom. The smallest absolute Gasteiger partial charge is 0.268 e. The highest BCUT2D eigenvalue weighted by atomic mass is 32.2. The quantitative estimate of drug-likeness (QED) is 0.468. The van der Waals surface area contributed by atoms with E-state index in [-0.39, 0.29) is 11.7 Å². The second-order valence-corrected chi connectivity index (χ2v) is 9.27. The molecule has 144 valence electrons. The second-order valence-electron chi connectivity index (χ2n) is 6.47. The van der Waals surface area contributed by atoms with Gasteiger partial charge in [-0.2, -0.15) is 0 Å². The van der Waals surface area contributed by atoms with E-state index in [2.05, 4.69) is 30.8 Å². The van der Waals surface area contributed by atoms with Crippen molar-refractivity contribution in [1.82, 2.24) is 24.7 Å². The van der Waals surface area contributed by atoms with E-state index in [9.17, 15) is 4.79 Å². The van der Waals surface area contributed by atoms with Gasteiger partial charge in [-0.05, 0) is 35.7 Å². The first-order chi connectivity index (χ1) is 13.8. The molecule has 5 rings (SSSR count). The number of aromatic amines is 1. The summed E-state index contributed by atoms with van der Waals surface area (Å²) in [5.41, 5.74) is 0.653. The van der Waals surface area contributed by atoms with Crippen molar-refractivity contribution in [2.24, 2.45) is 0 Å². The van der Waals surface area contributed by atoms with Gasteiger partial charge in [-0.25, -0.2) is 4.98 Å². The van der Waals surface area contributed by atoms with E-state index in [4.69, 9.17) is 4.74 Å². The van der Waals surface area contributed by atoms with Crippen molar-refractivity contribution in [2.75, 3.05) is 6.61 Å². The lowest BCUT2D eigenvalue weighted by Gasteiger charge is -2.14. The average molecular weight is 432 g/mol. The van der Waals surface area contributed by atoms with E-state index in [1.807, 2.05) is 22.9 Å². The number of nitrogens with zero attached hydrogens (tertiary/aromatic N) is 4. The molecule has 4 aromatic rings. The van der Waals surface area contributed by atoms with Crippen LogP contribution in [0.2, 0.25) is 0 Å². The lowest BCUT2D eigenvalue weighted by molar-refractivity contribution is 0.0953. The SMILES string of the molecule is O=c1[nH]c(CSc2nnc(-c3cccs3)n2C[C@H]2CCCO2)nc2ccsc12. The van der Waals surface area contributed by atoms with Crippen molar-refractivity contribution in [3.63, 3.8) is 0 Å². The van der Waals surface area contributed by atoms with E-state index >= 15 is 0 Å². The summed E-state index contributed by atoms with van der Waals surface area (Å²) in [5, 5.41) is 13.6. The van der Waals surface area contributed by atoms with Gasteiger partial charge in [-0.3, -0.25) is 9.36 Å². The summed E-state index contributed by atoms with van der Waals surface area (Å²) in [6.07, 6.45) is 2.33. The maximum atomic E-state index is 12.2. The summed E-state index contributed by atoms with van der Waals surface area (Å²) in [6.45, 7) is 1.55. The number of rotatable bonds is 6. The predicted molar refractivity (Wildman–Crippen MR) is 112 cm³/mol. The highest BCUT2D eigenvalue weighted by Crippen LogP contribution is 2.30. The molecule has 4 aromatic heterocycles. The Morgan fingerprint density at radius 1 is 1.29 bits per heavy atom. The van der Waals surface area contributed by atoms with Crippen LogP contribution in [0.4, 0.5) is 0 Å². The second kappa shape index (κ2) is 7.78. The van der Waals surface area contributed by atoms with E-state index < -0.39 is 0 Å². The van der Waals surface area contributed by atoms with Crippen LogP contribution in [-0.4, -0.2) is 37.4 Å². The minimum Gasteiger partial charge on any atom is -0.376 e. The zero-order chi connectivity index (χ0) is 18.9. The Morgan fingerprint density at radius 3 is 3.07 bits per heavy atom. The van der Waals surface area contributed by atoms with Crippen LogP contribution in [0.15, 0.2) is 38.9 Å². The van der Waals surface area contributed by atoms with E-state index in [1.165, 1.54) is 23.1 Å². The lowest BCUT2D eigenvalue weighted by atomic mass is 10.2. The van der Waals surface area contributed by atoms with E-state index in [0.29, 0.717) is 16.3 Å². The number of H-pyrrole nitrogens is 1. The molecule has 0 unspecified atom stereocenters. The Labute approximate surface area is 172 Å². The van der Waals surface area contributed by atoms with Crippen molar-refractivity contribution in [3.8, 4) is 10.7 Å². The molecule has 0 bridgehead atoms. The summed E-state index contributed by atoms with van der Waals surface area (Å²) in [7, 11) is 0. The monoisotopic (exact) mass is 431 g/mol. The van der Waals surface area contributed by atoms with Gasteiger partial charge in [0.15, 0.2) is 11.0 Å². The van der Waals surface area contributed by atoms with Crippen LogP contribution < -0.4 is 5.56 Å². The number of hydrogen-bond donors (Lipinski definition) is 1. The Hall–Kier alpha value is -2.01. The van der Waals surface area contributed by atoms with E-state index in [1.54, 1.807) is 11.3 Å². The van der Waals surface area contributed by atoms with Gasteiger partial charge < -0.3 is 9.72 Å². The fraction of sp³-hybridized carbons (Fsp3) is 0.333. The molecule has 0 spiro atoms. The van der Waals surface area contributed by atoms with Crippen molar-refractivity contribution in [1.29, 1.82) is 0 Å². The number of fused-ring (bicyclic) bond motifs is 1. The number of aromatic nitrogens is 5. The van der Waals surface area contributed by atoms with Gasteiger partial charge in [0.1, 0.15) is 10.5 Å². The molecule has 1 aliphatic rings. The average Bonchev–Trinajstić information content (AvgIpc) is 3.47. The van der Waals surface area contributed by atoms with Gasteiger partial charge in [0, 0.05) is 6.61 Å². The Bertz CT molecular complexity index is 1140. The standard InChI is InChI=1S/C18H17N5O2S3/c24-17-15-12(5-8-27-15)19-14(20-17)10-28-18-22-21-16(13-4-2-7-26-13)23(18)9-11-3-1-6-25-11/h2,4-5,7-8,11H,1,3,6,9-10H2,(H,19,20,24)/t11-/m1/s1. The van der Waals surface area contributed by atoms with Crippen molar-refractivity contribution >= 4 is 44.7 Å². The minimum atomic E-state index is -0.0873. The van der Waals surface area contributed by atoms with Crippen LogP contribution >= 0.6 is 34.4 Å². The number of thioether (sulfide) groups is 1. The lowest BCUT2D eigenvalue weighted by Crippen LogP contribution is -2.16. The van der Waals surface area contributed by atoms with Crippen LogP contribution in [0, 0.1) is 0 Å². The normalized spacial score (nSPS) is 16.9. The first kappa shape index (κ1) is 18.0. The minimum absolute atomic E-state index is 0.0873. The van der Waals surface area contributed by atoms with Gasteiger partial charge in [0.25, 0.3) is 5.56 Å². The topological polar surface area (TPSA) is 85.7 Å². The molecule has 10 heteroatoms. The molecule has 0 saturated carbocycles. The number of ether oxygens (including phenoxy) is 1. The van der Waals surface area contributed by atoms with Gasteiger partial charge in [0.2, 0.25) is 0 Å². The highest BCUT2D eigenvalue weighted by molar-refractivity contribution is 7.98. The third-order valence-corrected chi connectivity index (χ3v) is 7.32. The van der Waals surface area contributed by atoms with Crippen LogP contribution in [0.1, 0.15) is 18.7 Å². The van der Waals surface area contributed by atoms with Crippen LogP contribution in [0.25, 0.3) is 20.9 Å². The van der Waals surface area contributed by atoms with Gasteiger partial charge in [-0.15, -0.1) is 32.9 Å². The highest BCUT2D eigenvalue weighted by Gasteiger charge is 2.22. The molecular formula is C18H17N5O2S3. The van der Waals surface area contributed by atoms with Crippen molar-refractivity contribution in [3.05, 3.63) is 45.1 Å². The van der Waals surface area contributed by atoms with E-state index in [0.717, 1.165) is 47.4 Å². The third kappa shape index (κ3) is 3.52. The van der Waals surface area contributed by atoms with Crippen LogP contribution in [0.3, 0.4) is 0 Å². The summed E-state index contributed by atoms with van der Waals surface area (Å²) in [6, 6.07) is 5.94. The molecule has 1 aliphatic heterocycles.